The van der Waals surface area contributed by atoms with E-state index in [0.717, 1.165) is 30.9 Å². The van der Waals surface area contributed by atoms with Crippen LogP contribution in [0.4, 0.5) is 0 Å². The van der Waals surface area contributed by atoms with Crippen LogP contribution < -0.4 is 9.47 Å². The van der Waals surface area contributed by atoms with Gasteiger partial charge in [-0.2, -0.15) is 0 Å². The summed E-state index contributed by atoms with van der Waals surface area (Å²) in [6.07, 6.45) is 5.91. The zero-order valence-corrected chi connectivity index (χ0v) is 15.1. The number of hydrogen-bond donors (Lipinski definition) is 0. The standard InChI is InChI=1S/C21H26N2O3/c24-21(14-2-1-3-14)23-11-16(15-4-5-17-18(10-15)26-12-25-17)20-19(23)13-6-8-22(20)9-7-13/h4-5,10,13-14,16,19-20H,1-3,6-9,11-12H2/t16-,19-,20-/m1/s1. The highest BCUT2D eigenvalue weighted by atomic mass is 16.7. The molecule has 2 bridgehead atoms. The van der Waals surface area contributed by atoms with Crippen LogP contribution in [0.2, 0.25) is 0 Å². The molecule has 7 rings (SSSR count). The highest BCUT2D eigenvalue weighted by Gasteiger charge is 2.55. The van der Waals surface area contributed by atoms with Gasteiger partial charge in [0.05, 0.1) is 6.04 Å². The minimum absolute atomic E-state index is 0.293. The van der Waals surface area contributed by atoms with Crippen LogP contribution in [-0.4, -0.2) is 54.2 Å². The van der Waals surface area contributed by atoms with Crippen LogP contribution in [0.25, 0.3) is 0 Å². The number of ether oxygens (including phenoxy) is 2. The van der Waals surface area contributed by atoms with Crippen molar-refractivity contribution in [2.45, 2.75) is 50.1 Å². The van der Waals surface area contributed by atoms with Gasteiger partial charge in [-0.3, -0.25) is 9.69 Å². The van der Waals surface area contributed by atoms with Crippen LogP contribution in [0, 0.1) is 11.8 Å². The van der Waals surface area contributed by atoms with Crippen LogP contribution in [0.3, 0.4) is 0 Å². The van der Waals surface area contributed by atoms with Crippen LogP contribution in [-0.2, 0) is 4.79 Å². The van der Waals surface area contributed by atoms with Crippen molar-refractivity contribution in [3.63, 3.8) is 0 Å². The molecule has 138 valence electrons. The number of likely N-dealkylation sites (tertiary alicyclic amines) is 1. The van der Waals surface area contributed by atoms with Gasteiger partial charge in [0.1, 0.15) is 0 Å². The molecule has 1 aliphatic carbocycles. The average molecular weight is 354 g/mol. The maximum absolute atomic E-state index is 13.2. The third kappa shape index (κ3) is 2.10. The van der Waals surface area contributed by atoms with Crippen molar-refractivity contribution >= 4 is 5.91 Å². The molecule has 26 heavy (non-hydrogen) atoms. The molecule has 0 radical (unpaired) electrons. The fourth-order valence-electron chi connectivity index (χ4n) is 6.00. The zero-order valence-electron chi connectivity index (χ0n) is 15.1. The van der Waals surface area contributed by atoms with Crippen molar-refractivity contribution in [3.05, 3.63) is 23.8 Å². The molecule has 0 unspecified atom stereocenters. The Morgan fingerprint density at radius 3 is 2.58 bits per heavy atom. The molecular weight excluding hydrogens is 328 g/mol. The smallest absolute Gasteiger partial charge is 0.231 e. The molecule has 0 N–H and O–H groups in total. The molecule has 0 aromatic heterocycles. The van der Waals surface area contributed by atoms with Crippen molar-refractivity contribution in [2.75, 3.05) is 26.4 Å². The van der Waals surface area contributed by atoms with Gasteiger partial charge in [0.15, 0.2) is 11.5 Å². The van der Waals surface area contributed by atoms with Gasteiger partial charge in [-0.15, -0.1) is 0 Å². The van der Waals surface area contributed by atoms with E-state index in [4.69, 9.17) is 9.47 Å². The molecule has 5 heteroatoms. The first kappa shape index (κ1) is 15.3. The molecule has 5 nitrogen and oxygen atoms in total. The summed E-state index contributed by atoms with van der Waals surface area (Å²) in [6, 6.07) is 7.29. The maximum Gasteiger partial charge on any atom is 0.231 e. The molecule has 6 aliphatic rings. The lowest BCUT2D eigenvalue weighted by atomic mass is 9.75. The summed E-state index contributed by atoms with van der Waals surface area (Å²) < 4.78 is 11.1. The molecule has 0 spiro atoms. The molecule has 5 heterocycles. The summed E-state index contributed by atoms with van der Waals surface area (Å²) in [5.74, 6) is 3.51. The molecule has 3 atom stereocenters. The van der Waals surface area contributed by atoms with Crippen LogP contribution in [0.5, 0.6) is 11.5 Å². The van der Waals surface area contributed by atoms with Gasteiger partial charge in [-0.25, -0.2) is 0 Å². The number of nitrogens with zero attached hydrogens (tertiary/aromatic N) is 2. The molecule has 1 amide bonds. The zero-order chi connectivity index (χ0) is 17.3. The quantitative estimate of drug-likeness (QED) is 0.819. The summed E-state index contributed by atoms with van der Waals surface area (Å²) in [4.78, 5) is 18.1. The predicted molar refractivity (Wildman–Crippen MR) is 96.2 cm³/mol. The Labute approximate surface area is 154 Å². The lowest BCUT2D eigenvalue weighted by Crippen LogP contribution is -2.61. The third-order valence-electron chi connectivity index (χ3n) is 7.56. The van der Waals surface area contributed by atoms with Gasteiger partial charge >= 0.3 is 0 Å². The number of benzene rings is 1. The Kier molecular flexibility index (Phi) is 3.31. The largest absolute Gasteiger partial charge is 0.454 e. The number of amides is 1. The summed E-state index contributed by atoms with van der Waals surface area (Å²) in [6.45, 7) is 3.57. The number of hydrogen-bond acceptors (Lipinski definition) is 4. The van der Waals surface area contributed by atoms with Crippen LogP contribution in [0.15, 0.2) is 18.2 Å². The fourth-order valence-corrected chi connectivity index (χ4v) is 6.00. The SMILES string of the molecule is O=C(C1CCC1)N1C[C@H](c2ccc3c(c2)OCO3)[C@@H]2[C@H]1C1CCN2CC1. The second kappa shape index (κ2) is 5.62. The highest BCUT2D eigenvalue weighted by Crippen LogP contribution is 2.48. The minimum Gasteiger partial charge on any atom is -0.454 e. The van der Waals surface area contributed by atoms with Crippen molar-refractivity contribution in [2.24, 2.45) is 11.8 Å². The van der Waals surface area contributed by atoms with Crippen LogP contribution in [0.1, 0.15) is 43.6 Å². The van der Waals surface area contributed by atoms with E-state index in [0.29, 0.717) is 42.5 Å². The molecule has 5 fully saturated rings. The Hall–Kier alpha value is -1.75. The Morgan fingerprint density at radius 2 is 1.81 bits per heavy atom. The molecule has 1 aromatic carbocycles. The Bertz CT molecular complexity index is 739. The number of fused-ring (bicyclic) bond motifs is 3. The first-order chi connectivity index (χ1) is 12.8. The van der Waals surface area contributed by atoms with E-state index < -0.39 is 0 Å². The van der Waals surface area contributed by atoms with Gasteiger partial charge in [-0.05, 0) is 62.4 Å². The van der Waals surface area contributed by atoms with E-state index >= 15 is 0 Å². The second-order valence-corrected chi connectivity index (χ2v) is 8.69. The van der Waals surface area contributed by atoms with Gasteiger partial charge in [0.2, 0.25) is 12.7 Å². The van der Waals surface area contributed by atoms with E-state index in [1.807, 2.05) is 6.07 Å². The van der Waals surface area contributed by atoms with E-state index in [2.05, 4.69) is 21.9 Å². The lowest BCUT2D eigenvalue weighted by Gasteiger charge is -2.51. The third-order valence-corrected chi connectivity index (χ3v) is 7.56. The normalized spacial score (nSPS) is 37.5. The summed E-state index contributed by atoms with van der Waals surface area (Å²) in [5, 5.41) is 0. The molecular formula is C21H26N2O3. The van der Waals surface area contributed by atoms with Crippen molar-refractivity contribution < 1.29 is 14.3 Å². The number of rotatable bonds is 2. The van der Waals surface area contributed by atoms with Gasteiger partial charge in [0, 0.05) is 24.4 Å². The summed E-state index contributed by atoms with van der Waals surface area (Å²) in [7, 11) is 0. The molecule has 1 aromatic rings. The number of piperidine rings is 3. The van der Waals surface area contributed by atoms with Crippen molar-refractivity contribution in [1.29, 1.82) is 0 Å². The van der Waals surface area contributed by atoms with E-state index in [-0.39, 0.29) is 0 Å². The summed E-state index contributed by atoms with van der Waals surface area (Å²) in [5.41, 5.74) is 1.31. The first-order valence-corrected chi connectivity index (χ1v) is 10.2. The second-order valence-electron chi connectivity index (χ2n) is 8.69. The van der Waals surface area contributed by atoms with Crippen molar-refractivity contribution in [3.8, 4) is 11.5 Å². The Balaban J connectivity index is 1.36. The van der Waals surface area contributed by atoms with E-state index in [1.54, 1.807) is 0 Å². The van der Waals surface area contributed by atoms with E-state index in [1.165, 1.54) is 37.9 Å². The Morgan fingerprint density at radius 1 is 1.00 bits per heavy atom. The molecule has 5 aliphatic heterocycles. The average Bonchev–Trinajstić information content (AvgIpc) is 3.26. The first-order valence-electron chi connectivity index (χ1n) is 10.2. The lowest BCUT2D eigenvalue weighted by molar-refractivity contribution is -0.143. The summed E-state index contributed by atoms with van der Waals surface area (Å²) >= 11 is 0. The highest BCUT2D eigenvalue weighted by molar-refractivity contribution is 5.80. The van der Waals surface area contributed by atoms with Gasteiger partial charge in [0.25, 0.3) is 0 Å². The monoisotopic (exact) mass is 354 g/mol. The fraction of sp³-hybridized carbons (Fsp3) is 0.667. The number of carbonyl (C=O) groups is 1. The topological polar surface area (TPSA) is 42.0 Å². The van der Waals surface area contributed by atoms with E-state index in [9.17, 15) is 4.79 Å². The molecule has 4 saturated heterocycles. The van der Waals surface area contributed by atoms with Gasteiger partial charge < -0.3 is 14.4 Å². The minimum atomic E-state index is 0.293. The number of carbonyl (C=O) groups excluding carboxylic acids is 1. The maximum atomic E-state index is 13.2. The van der Waals surface area contributed by atoms with Crippen LogP contribution >= 0.6 is 0 Å². The predicted octanol–water partition coefficient (Wildman–Crippen LogP) is 2.60. The van der Waals surface area contributed by atoms with Crippen molar-refractivity contribution in [1.82, 2.24) is 9.80 Å². The van der Waals surface area contributed by atoms with Gasteiger partial charge in [-0.1, -0.05) is 12.5 Å². The molecule has 1 saturated carbocycles.